The number of para-hydroxylation sites is 1. The van der Waals surface area contributed by atoms with Gasteiger partial charge in [-0.3, -0.25) is 4.99 Å². The fourth-order valence-corrected chi connectivity index (χ4v) is 3.09. The van der Waals surface area contributed by atoms with Crippen LogP contribution in [0.15, 0.2) is 39.3 Å². The van der Waals surface area contributed by atoms with Gasteiger partial charge in [0.2, 0.25) is 0 Å². The molecule has 0 aliphatic heterocycles. The van der Waals surface area contributed by atoms with Gasteiger partial charge >= 0.3 is 0 Å². The van der Waals surface area contributed by atoms with Crippen LogP contribution in [0.5, 0.6) is 0 Å². The number of fused-ring (bicyclic) bond motifs is 3. The van der Waals surface area contributed by atoms with E-state index >= 15 is 0 Å². The molecule has 2 nitrogen and oxygen atoms in total. The molecule has 3 rings (SSSR count). The van der Waals surface area contributed by atoms with E-state index in [9.17, 15) is 0 Å². The van der Waals surface area contributed by atoms with Gasteiger partial charge in [0.1, 0.15) is 5.58 Å². The SMILES string of the molecule is CC.CC/C=C(/C)C=NC1=c2oc3c(C)cccc3c2=CC1(C)C. The van der Waals surface area contributed by atoms with Crippen molar-refractivity contribution in [2.75, 3.05) is 0 Å². The Hall–Kier alpha value is -2.09. The van der Waals surface area contributed by atoms with Crippen LogP contribution < -0.4 is 10.6 Å². The van der Waals surface area contributed by atoms with E-state index in [1.807, 2.05) is 20.1 Å². The number of allylic oxidation sites excluding steroid dienone is 2. The number of aliphatic imine (C=N–C) groups is 1. The van der Waals surface area contributed by atoms with Crippen LogP contribution in [0.4, 0.5) is 0 Å². The molecule has 0 amide bonds. The van der Waals surface area contributed by atoms with Gasteiger partial charge in [-0.25, -0.2) is 0 Å². The van der Waals surface area contributed by atoms with E-state index in [2.05, 4.69) is 65.0 Å². The van der Waals surface area contributed by atoms with E-state index < -0.39 is 0 Å². The Morgan fingerprint density at radius 3 is 2.62 bits per heavy atom. The monoisotopic (exact) mass is 323 g/mol. The lowest BCUT2D eigenvalue weighted by Crippen LogP contribution is -2.18. The quantitative estimate of drug-likeness (QED) is 0.720. The average molecular weight is 323 g/mol. The van der Waals surface area contributed by atoms with Crippen molar-refractivity contribution in [1.29, 1.82) is 0 Å². The molecule has 0 atom stereocenters. The number of furan rings is 1. The first-order chi connectivity index (χ1) is 11.4. The van der Waals surface area contributed by atoms with Crippen LogP contribution >= 0.6 is 0 Å². The first-order valence-electron chi connectivity index (χ1n) is 8.90. The normalized spacial score (nSPS) is 16.1. The molecule has 0 radical (unpaired) electrons. The number of hydrogen-bond acceptors (Lipinski definition) is 2. The smallest absolute Gasteiger partial charge is 0.157 e. The molecule has 0 saturated carbocycles. The molecule has 1 aliphatic rings. The topological polar surface area (TPSA) is 25.5 Å². The molecule has 0 unspecified atom stereocenters. The molecule has 24 heavy (non-hydrogen) atoms. The van der Waals surface area contributed by atoms with Gasteiger partial charge in [-0.2, -0.15) is 0 Å². The number of aryl methyl sites for hydroxylation is 1. The molecule has 0 spiro atoms. The minimum absolute atomic E-state index is 0.102. The largest absolute Gasteiger partial charge is 0.454 e. The van der Waals surface area contributed by atoms with Crippen molar-refractivity contribution in [3.05, 3.63) is 46.0 Å². The van der Waals surface area contributed by atoms with Crippen LogP contribution in [0.3, 0.4) is 0 Å². The highest BCUT2D eigenvalue weighted by Crippen LogP contribution is 2.33. The molecule has 1 heterocycles. The van der Waals surface area contributed by atoms with E-state index in [1.54, 1.807) is 0 Å². The van der Waals surface area contributed by atoms with Crippen LogP contribution in [0, 0.1) is 12.3 Å². The van der Waals surface area contributed by atoms with Crippen molar-refractivity contribution in [2.24, 2.45) is 10.4 Å². The number of hydrogen-bond donors (Lipinski definition) is 0. The molecule has 2 heteroatoms. The highest BCUT2D eigenvalue weighted by Gasteiger charge is 2.29. The van der Waals surface area contributed by atoms with Gasteiger partial charge in [-0.1, -0.05) is 65.0 Å². The molecule has 0 saturated heterocycles. The third-order valence-electron chi connectivity index (χ3n) is 4.20. The summed E-state index contributed by atoms with van der Waals surface area (Å²) >= 11 is 0. The lowest BCUT2D eigenvalue weighted by molar-refractivity contribution is 0.559. The molecular weight excluding hydrogens is 294 g/mol. The first kappa shape index (κ1) is 18.3. The van der Waals surface area contributed by atoms with Gasteiger partial charge in [0.05, 0.1) is 5.70 Å². The Balaban J connectivity index is 0.00000100. The maximum atomic E-state index is 6.18. The van der Waals surface area contributed by atoms with Gasteiger partial charge in [-0.05, 0) is 31.4 Å². The zero-order valence-corrected chi connectivity index (χ0v) is 16.0. The summed E-state index contributed by atoms with van der Waals surface area (Å²) in [6.45, 7) is 14.7. The van der Waals surface area contributed by atoms with E-state index in [0.29, 0.717) is 0 Å². The van der Waals surface area contributed by atoms with Crippen molar-refractivity contribution in [1.82, 2.24) is 0 Å². The Bertz CT molecular complexity index is 907. The summed E-state index contributed by atoms with van der Waals surface area (Å²) in [7, 11) is 0. The van der Waals surface area contributed by atoms with Gasteiger partial charge < -0.3 is 4.42 Å². The Morgan fingerprint density at radius 1 is 1.25 bits per heavy atom. The molecule has 0 N–H and O–H groups in total. The van der Waals surface area contributed by atoms with Crippen LogP contribution in [-0.4, -0.2) is 6.21 Å². The van der Waals surface area contributed by atoms with Crippen molar-refractivity contribution in [2.45, 2.75) is 54.9 Å². The van der Waals surface area contributed by atoms with Crippen molar-refractivity contribution < 1.29 is 4.42 Å². The predicted molar refractivity (Wildman–Crippen MR) is 106 cm³/mol. The van der Waals surface area contributed by atoms with Gasteiger partial charge in [0.15, 0.2) is 5.42 Å². The van der Waals surface area contributed by atoms with E-state index in [4.69, 9.17) is 9.41 Å². The van der Waals surface area contributed by atoms with E-state index in [1.165, 1.54) is 21.7 Å². The zero-order chi connectivity index (χ0) is 17.9. The van der Waals surface area contributed by atoms with Crippen LogP contribution in [0.25, 0.3) is 22.7 Å². The highest BCUT2D eigenvalue weighted by molar-refractivity contribution is 5.88. The maximum Gasteiger partial charge on any atom is 0.157 e. The third kappa shape index (κ3) is 3.24. The average Bonchev–Trinajstić information content (AvgIpc) is 3.01. The summed E-state index contributed by atoms with van der Waals surface area (Å²) in [5.74, 6) is 0. The zero-order valence-electron chi connectivity index (χ0n) is 16.0. The Morgan fingerprint density at radius 2 is 1.96 bits per heavy atom. The summed E-state index contributed by atoms with van der Waals surface area (Å²) in [5.41, 5.74) is 5.18. The lowest BCUT2D eigenvalue weighted by atomic mass is 9.92. The standard InChI is InChI=1S/C20H23NO.C2H6/c1-6-8-13(2)12-21-19-18-16(11-20(19,4)5)15-10-7-9-14(3)17(15)22-18;1-2/h7-12H,6H2,1-5H3;1-2H3/b13-8-,21-12?;. The second-order valence-corrected chi connectivity index (χ2v) is 6.63. The second kappa shape index (κ2) is 7.21. The minimum Gasteiger partial charge on any atom is -0.454 e. The van der Waals surface area contributed by atoms with E-state index in [-0.39, 0.29) is 5.41 Å². The van der Waals surface area contributed by atoms with Gasteiger partial charge in [0.25, 0.3) is 0 Å². The Kier molecular flexibility index (Phi) is 5.48. The number of nitrogens with zero attached hydrogens (tertiary/aromatic N) is 1. The summed E-state index contributed by atoms with van der Waals surface area (Å²) in [4.78, 5) is 4.76. The minimum atomic E-state index is -0.102. The maximum absolute atomic E-state index is 6.18. The fraction of sp³-hybridized carbons (Fsp3) is 0.409. The lowest BCUT2D eigenvalue weighted by Gasteiger charge is -2.16. The van der Waals surface area contributed by atoms with Crippen molar-refractivity contribution >= 4 is 29.0 Å². The summed E-state index contributed by atoms with van der Waals surface area (Å²) in [6.07, 6.45) is 7.43. The van der Waals surface area contributed by atoms with E-state index in [0.717, 1.165) is 23.1 Å². The molecular formula is C22H29NO. The third-order valence-corrected chi connectivity index (χ3v) is 4.20. The van der Waals surface area contributed by atoms with Crippen LogP contribution in [0.2, 0.25) is 0 Å². The molecule has 128 valence electrons. The van der Waals surface area contributed by atoms with Crippen molar-refractivity contribution in [3.63, 3.8) is 0 Å². The first-order valence-corrected chi connectivity index (χ1v) is 8.90. The van der Waals surface area contributed by atoms with Crippen molar-refractivity contribution in [3.8, 4) is 0 Å². The highest BCUT2D eigenvalue weighted by atomic mass is 16.3. The van der Waals surface area contributed by atoms with Gasteiger partial charge in [-0.15, -0.1) is 0 Å². The van der Waals surface area contributed by atoms with Crippen LogP contribution in [-0.2, 0) is 0 Å². The molecule has 1 aromatic carbocycles. The fourth-order valence-electron chi connectivity index (χ4n) is 3.09. The summed E-state index contributed by atoms with van der Waals surface area (Å²) in [6, 6.07) is 6.30. The van der Waals surface area contributed by atoms with Crippen LogP contribution in [0.1, 0.15) is 53.5 Å². The predicted octanol–water partition coefficient (Wildman–Crippen LogP) is 5.12. The van der Waals surface area contributed by atoms with Gasteiger partial charge in [0, 0.05) is 22.2 Å². The second-order valence-electron chi connectivity index (χ2n) is 6.63. The molecule has 0 fully saturated rings. The molecule has 0 bridgehead atoms. The number of benzene rings is 1. The number of rotatable bonds is 3. The Labute approximate surface area is 145 Å². The summed E-state index contributed by atoms with van der Waals surface area (Å²) in [5, 5.41) is 2.38. The molecule has 1 aromatic heterocycles. The molecule has 2 aromatic rings. The summed E-state index contributed by atoms with van der Waals surface area (Å²) < 4.78 is 6.18. The molecule has 1 aliphatic carbocycles.